The SMILES string of the molecule is C[C@H](CCNC(=O)CCc1cccnc1)n1ccnc1. The van der Waals surface area contributed by atoms with Gasteiger partial charge in [-0.2, -0.15) is 0 Å². The van der Waals surface area contributed by atoms with Crippen LogP contribution in [0.4, 0.5) is 0 Å². The Kier molecular flexibility index (Phi) is 5.29. The Morgan fingerprint density at radius 1 is 1.40 bits per heavy atom. The molecule has 2 heterocycles. The third-order valence-corrected chi connectivity index (χ3v) is 3.28. The van der Waals surface area contributed by atoms with Crippen molar-refractivity contribution in [1.82, 2.24) is 19.9 Å². The van der Waals surface area contributed by atoms with Gasteiger partial charge in [-0.15, -0.1) is 0 Å². The van der Waals surface area contributed by atoms with Gasteiger partial charge in [-0.3, -0.25) is 9.78 Å². The van der Waals surface area contributed by atoms with E-state index in [2.05, 4.69) is 22.2 Å². The zero-order valence-electron chi connectivity index (χ0n) is 11.7. The highest BCUT2D eigenvalue weighted by atomic mass is 16.1. The molecule has 0 aliphatic heterocycles. The molecule has 106 valence electrons. The first-order valence-electron chi connectivity index (χ1n) is 6.89. The topological polar surface area (TPSA) is 59.8 Å². The lowest BCUT2D eigenvalue weighted by Crippen LogP contribution is -2.26. The monoisotopic (exact) mass is 272 g/mol. The molecule has 0 aliphatic rings. The predicted molar refractivity (Wildman–Crippen MR) is 77.1 cm³/mol. The van der Waals surface area contributed by atoms with Crippen LogP contribution in [0.25, 0.3) is 0 Å². The number of imidazole rings is 1. The highest BCUT2D eigenvalue weighted by Crippen LogP contribution is 2.08. The van der Waals surface area contributed by atoms with Crippen LogP contribution < -0.4 is 5.32 Å². The van der Waals surface area contributed by atoms with Gasteiger partial charge in [0.05, 0.1) is 6.33 Å². The first-order valence-corrected chi connectivity index (χ1v) is 6.89. The molecule has 0 fully saturated rings. The molecule has 0 saturated carbocycles. The van der Waals surface area contributed by atoms with Crippen molar-refractivity contribution in [3.05, 3.63) is 48.8 Å². The maximum Gasteiger partial charge on any atom is 0.220 e. The van der Waals surface area contributed by atoms with Gasteiger partial charge in [-0.1, -0.05) is 6.07 Å². The van der Waals surface area contributed by atoms with Crippen LogP contribution in [0.15, 0.2) is 43.2 Å². The number of carbonyl (C=O) groups is 1. The summed E-state index contributed by atoms with van der Waals surface area (Å²) in [6, 6.07) is 4.22. The predicted octanol–water partition coefficient (Wildman–Crippen LogP) is 1.98. The van der Waals surface area contributed by atoms with Gasteiger partial charge >= 0.3 is 0 Å². The molecule has 5 heteroatoms. The van der Waals surface area contributed by atoms with Gasteiger partial charge < -0.3 is 9.88 Å². The van der Waals surface area contributed by atoms with E-state index < -0.39 is 0 Å². The molecule has 0 unspecified atom stereocenters. The lowest BCUT2D eigenvalue weighted by atomic mass is 10.1. The van der Waals surface area contributed by atoms with Crippen LogP contribution >= 0.6 is 0 Å². The molecule has 0 spiro atoms. The maximum atomic E-state index is 11.7. The highest BCUT2D eigenvalue weighted by molar-refractivity contribution is 5.76. The number of rotatable bonds is 7. The highest BCUT2D eigenvalue weighted by Gasteiger charge is 2.05. The molecular formula is C15H20N4O. The van der Waals surface area contributed by atoms with Crippen LogP contribution in [0.2, 0.25) is 0 Å². The van der Waals surface area contributed by atoms with Gasteiger partial charge in [0.15, 0.2) is 0 Å². The number of pyridine rings is 1. The summed E-state index contributed by atoms with van der Waals surface area (Å²) in [6.07, 6.45) is 11.2. The third-order valence-electron chi connectivity index (χ3n) is 3.28. The Morgan fingerprint density at radius 3 is 3.00 bits per heavy atom. The molecule has 20 heavy (non-hydrogen) atoms. The minimum absolute atomic E-state index is 0.0895. The van der Waals surface area contributed by atoms with E-state index in [1.54, 1.807) is 24.9 Å². The number of nitrogens with zero attached hydrogens (tertiary/aromatic N) is 3. The van der Waals surface area contributed by atoms with Crippen molar-refractivity contribution in [2.75, 3.05) is 6.54 Å². The molecule has 1 N–H and O–H groups in total. The lowest BCUT2D eigenvalue weighted by molar-refractivity contribution is -0.121. The Hall–Kier alpha value is -2.17. The van der Waals surface area contributed by atoms with Crippen LogP contribution in [-0.4, -0.2) is 27.0 Å². The van der Waals surface area contributed by atoms with Crippen LogP contribution in [0.5, 0.6) is 0 Å². The first kappa shape index (κ1) is 14.2. The minimum atomic E-state index is 0.0895. The molecule has 2 rings (SSSR count). The second-order valence-electron chi connectivity index (χ2n) is 4.86. The fourth-order valence-electron chi connectivity index (χ4n) is 1.99. The van der Waals surface area contributed by atoms with Crippen LogP contribution in [0.3, 0.4) is 0 Å². The van der Waals surface area contributed by atoms with Crippen molar-refractivity contribution in [3.63, 3.8) is 0 Å². The van der Waals surface area contributed by atoms with E-state index in [1.165, 1.54) is 0 Å². The smallest absolute Gasteiger partial charge is 0.220 e. The normalized spacial score (nSPS) is 12.1. The summed E-state index contributed by atoms with van der Waals surface area (Å²) in [5.74, 6) is 0.0895. The summed E-state index contributed by atoms with van der Waals surface area (Å²) in [6.45, 7) is 2.80. The summed E-state index contributed by atoms with van der Waals surface area (Å²) in [5.41, 5.74) is 1.09. The Morgan fingerprint density at radius 2 is 2.30 bits per heavy atom. The quantitative estimate of drug-likeness (QED) is 0.838. The summed E-state index contributed by atoms with van der Waals surface area (Å²) in [7, 11) is 0. The fourth-order valence-corrected chi connectivity index (χ4v) is 1.99. The molecule has 1 amide bonds. The van der Waals surface area contributed by atoms with E-state index in [9.17, 15) is 4.79 Å². The zero-order chi connectivity index (χ0) is 14.2. The van der Waals surface area contributed by atoms with E-state index in [1.807, 2.05) is 22.9 Å². The summed E-state index contributed by atoms with van der Waals surface area (Å²) >= 11 is 0. The van der Waals surface area contributed by atoms with Gasteiger partial charge in [0.1, 0.15) is 0 Å². The van der Waals surface area contributed by atoms with Crippen molar-refractivity contribution >= 4 is 5.91 Å². The number of aryl methyl sites for hydroxylation is 1. The summed E-state index contributed by atoms with van der Waals surface area (Å²) in [5, 5.41) is 2.95. The van der Waals surface area contributed by atoms with Gasteiger partial charge in [0.25, 0.3) is 0 Å². The Balaban J connectivity index is 1.63. The third kappa shape index (κ3) is 4.50. The van der Waals surface area contributed by atoms with Crippen molar-refractivity contribution in [1.29, 1.82) is 0 Å². The first-order chi connectivity index (χ1) is 9.75. The largest absolute Gasteiger partial charge is 0.356 e. The van der Waals surface area contributed by atoms with Gasteiger partial charge in [-0.25, -0.2) is 4.98 Å². The average molecular weight is 272 g/mol. The molecule has 0 bridgehead atoms. The molecule has 0 saturated heterocycles. The molecule has 0 aliphatic carbocycles. The summed E-state index contributed by atoms with van der Waals surface area (Å²) < 4.78 is 2.04. The van der Waals surface area contributed by atoms with Crippen LogP contribution in [-0.2, 0) is 11.2 Å². The average Bonchev–Trinajstić information content (AvgIpc) is 3.00. The number of hydrogen-bond acceptors (Lipinski definition) is 3. The molecule has 1 atom stereocenters. The van der Waals surface area contributed by atoms with E-state index >= 15 is 0 Å². The van der Waals surface area contributed by atoms with E-state index in [0.29, 0.717) is 19.0 Å². The molecule has 5 nitrogen and oxygen atoms in total. The van der Waals surface area contributed by atoms with Crippen LogP contribution in [0.1, 0.15) is 31.4 Å². The number of hydrogen-bond donors (Lipinski definition) is 1. The van der Waals surface area contributed by atoms with Gasteiger partial charge in [0, 0.05) is 43.8 Å². The Labute approximate surface area is 119 Å². The Bertz CT molecular complexity index is 510. The van der Waals surface area contributed by atoms with Crippen molar-refractivity contribution in [2.24, 2.45) is 0 Å². The van der Waals surface area contributed by atoms with E-state index in [-0.39, 0.29) is 5.91 Å². The molecular weight excluding hydrogens is 252 g/mol. The molecule has 0 aromatic carbocycles. The number of carbonyl (C=O) groups excluding carboxylic acids is 1. The second-order valence-corrected chi connectivity index (χ2v) is 4.86. The van der Waals surface area contributed by atoms with Gasteiger partial charge in [0.2, 0.25) is 5.91 Å². The molecule has 2 aromatic heterocycles. The van der Waals surface area contributed by atoms with E-state index in [4.69, 9.17) is 0 Å². The molecule has 0 radical (unpaired) electrons. The summed E-state index contributed by atoms with van der Waals surface area (Å²) in [4.78, 5) is 19.8. The van der Waals surface area contributed by atoms with Crippen LogP contribution in [0, 0.1) is 0 Å². The fraction of sp³-hybridized carbons (Fsp3) is 0.400. The van der Waals surface area contributed by atoms with Crippen molar-refractivity contribution in [2.45, 2.75) is 32.2 Å². The van der Waals surface area contributed by atoms with Crippen molar-refractivity contribution < 1.29 is 4.79 Å². The molecule has 2 aromatic rings. The zero-order valence-corrected chi connectivity index (χ0v) is 11.7. The number of aromatic nitrogens is 3. The number of amides is 1. The lowest BCUT2D eigenvalue weighted by Gasteiger charge is -2.13. The second kappa shape index (κ2) is 7.43. The maximum absolute atomic E-state index is 11.7. The van der Waals surface area contributed by atoms with Crippen molar-refractivity contribution in [3.8, 4) is 0 Å². The minimum Gasteiger partial charge on any atom is -0.356 e. The van der Waals surface area contributed by atoms with E-state index in [0.717, 1.165) is 18.4 Å². The van der Waals surface area contributed by atoms with Gasteiger partial charge in [-0.05, 0) is 31.4 Å². The standard InChI is InChI=1S/C15H20N4O/c1-13(19-10-9-17-12-19)6-8-18-15(20)5-4-14-3-2-7-16-11-14/h2-3,7,9-13H,4-6,8H2,1H3,(H,18,20)/t13-/m1/s1. The number of nitrogens with one attached hydrogen (secondary N) is 1.